The number of fused-ring (bicyclic) bond motifs is 5. The number of methoxy groups -OCH3 is 1. The molecular weight excluding hydrogens is 450 g/mol. The third kappa shape index (κ3) is 4.28. The zero-order valence-corrected chi connectivity index (χ0v) is 22.7. The molecule has 10 atom stereocenters. The van der Waals surface area contributed by atoms with Crippen LogP contribution in [0.3, 0.4) is 0 Å². The second-order valence-corrected chi connectivity index (χ2v) is 13.2. The smallest absolute Gasteiger partial charge is 0.224 e. The van der Waals surface area contributed by atoms with Gasteiger partial charge in [-0.1, -0.05) is 32.9 Å². The van der Waals surface area contributed by atoms with Crippen LogP contribution in [0.2, 0.25) is 0 Å². The van der Waals surface area contributed by atoms with Gasteiger partial charge in [-0.3, -0.25) is 4.79 Å². The topological polar surface area (TPSA) is 78.8 Å². The van der Waals surface area contributed by atoms with E-state index >= 15 is 0 Å². The Labute approximate surface area is 217 Å². The maximum absolute atomic E-state index is 12.8. The van der Waals surface area contributed by atoms with Crippen molar-refractivity contribution in [1.82, 2.24) is 0 Å². The van der Waals surface area contributed by atoms with Crippen LogP contribution in [0.1, 0.15) is 85.0 Å². The molecule has 1 aromatic rings. The Hall–Kier alpha value is -1.59. The van der Waals surface area contributed by atoms with E-state index in [9.17, 15) is 15.0 Å². The van der Waals surface area contributed by atoms with Gasteiger partial charge in [-0.05, 0) is 116 Å². The molecule has 5 heteroatoms. The average Bonchev–Trinajstić information content (AvgIpc) is 3.23. The summed E-state index contributed by atoms with van der Waals surface area (Å²) in [5, 5.41) is 25.1. The molecule has 0 bridgehead atoms. The molecule has 0 saturated heterocycles. The first-order valence-corrected chi connectivity index (χ1v) is 14.5. The van der Waals surface area contributed by atoms with Crippen LogP contribution in [0.5, 0.6) is 5.75 Å². The van der Waals surface area contributed by atoms with E-state index in [1.807, 2.05) is 24.3 Å². The SMILES string of the molecule is COc1ccccc1NC(=O)CC[C@@H](C)[C@H]1CC[C@H]2[C@@H]3CC[C@@H]4C[C@H](O)CC[C@]4(C)[C@H]3C[C@H](O)[C@]12C. The van der Waals surface area contributed by atoms with Crippen molar-refractivity contribution < 1.29 is 19.7 Å². The Morgan fingerprint density at radius 3 is 2.64 bits per heavy atom. The Bertz CT molecular complexity index is 950. The number of ether oxygens (including phenoxy) is 1. The standard InChI is InChI=1S/C31H47NO4/c1-19(9-14-29(35)32-26-7-5-6-8-27(26)36-4)23-12-13-24-22-11-10-20-17-21(33)15-16-30(20,2)25(22)18-28(34)31(23,24)3/h5-8,19-25,28,33-34H,9-18H2,1-4H3,(H,32,35)/t19-,20-,21-,22+,23-,24+,25+,28+,30+,31-/m1/s1. The number of aliphatic hydroxyl groups excluding tert-OH is 2. The van der Waals surface area contributed by atoms with Gasteiger partial charge in [0.2, 0.25) is 5.91 Å². The number of aliphatic hydroxyl groups is 2. The van der Waals surface area contributed by atoms with Crippen molar-refractivity contribution in [3.63, 3.8) is 0 Å². The normalized spacial score (nSPS) is 42.6. The maximum atomic E-state index is 12.8. The Balaban J connectivity index is 1.25. The fourth-order valence-electron chi connectivity index (χ4n) is 9.68. The predicted molar refractivity (Wildman–Crippen MR) is 143 cm³/mol. The van der Waals surface area contributed by atoms with Crippen LogP contribution >= 0.6 is 0 Å². The second kappa shape index (κ2) is 9.94. The van der Waals surface area contributed by atoms with E-state index in [-0.39, 0.29) is 28.9 Å². The molecule has 200 valence electrons. The van der Waals surface area contributed by atoms with Gasteiger partial charge in [0.15, 0.2) is 0 Å². The lowest BCUT2D eigenvalue weighted by molar-refractivity contribution is -0.174. The molecule has 5 rings (SSSR count). The lowest BCUT2D eigenvalue weighted by Gasteiger charge is -2.62. The fraction of sp³-hybridized carbons (Fsp3) is 0.774. The van der Waals surface area contributed by atoms with E-state index in [4.69, 9.17) is 4.74 Å². The summed E-state index contributed by atoms with van der Waals surface area (Å²) in [5.41, 5.74) is 0.931. The van der Waals surface area contributed by atoms with E-state index in [0.717, 1.165) is 44.2 Å². The first kappa shape index (κ1) is 26.0. The number of anilines is 1. The number of carbonyl (C=O) groups excluding carboxylic acids is 1. The lowest BCUT2D eigenvalue weighted by Crippen LogP contribution is -2.58. The van der Waals surface area contributed by atoms with Crippen molar-refractivity contribution in [3.8, 4) is 5.75 Å². The highest BCUT2D eigenvalue weighted by Gasteiger charge is 2.63. The zero-order chi connectivity index (χ0) is 25.7. The quantitative estimate of drug-likeness (QED) is 0.448. The van der Waals surface area contributed by atoms with E-state index < -0.39 is 0 Å². The number of amides is 1. The van der Waals surface area contributed by atoms with Gasteiger partial charge >= 0.3 is 0 Å². The van der Waals surface area contributed by atoms with Crippen LogP contribution in [0.25, 0.3) is 0 Å². The molecule has 3 N–H and O–H groups in total. The summed E-state index contributed by atoms with van der Waals surface area (Å²) in [7, 11) is 1.62. The van der Waals surface area contributed by atoms with Gasteiger partial charge in [0.05, 0.1) is 25.0 Å². The van der Waals surface area contributed by atoms with Crippen LogP contribution < -0.4 is 10.1 Å². The minimum Gasteiger partial charge on any atom is -0.495 e. The number of rotatable bonds is 6. The summed E-state index contributed by atoms with van der Waals surface area (Å²) in [6, 6.07) is 7.54. The molecular formula is C31H47NO4. The van der Waals surface area contributed by atoms with Crippen LogP contribution in [0.15, 0.2) is 24.3 Å². The van der Waals surface area contributed by atoms with Gasteiger partial charge in [0.25, 0.3) is 0 Å². The van der Waals surface area contributed by atoms with Gasteiger partial charge in [0.1, 0.15) is 5.75 Å². The molecule has 4 saturated carbocycles. The van der Waals surface area contributed by atoms with Crippen molar-refractivity contribution in [2.45, 2.75) is 97.2 Å². The molecule has 0 radical (unpaired) electrons. The van der Waals surface area contributed by atoms with Gasteiger partial charge in [-0.2, -0.15) is 0 Å². The van der Waals surface area contributed by atoms with Gasteiger partial charge in [-0.25, -0.2) is 0 Å². The summed E-state index contributed by atoms with van der Waals surface area (Å²) in [5.74, 6) is 4.02. The lowest BCUT2D eigenvalue weighted by atomic mass is 9.43. The first-order chi connectivity index (χ1) is 17.2. The number of para-hydroxylation sites is 2. The number of carbonyl (C=O) groups is 1. The summed E-state index contributed by atoms with van der Waals surface area (Å²) in [4.78, 5) is 12.8. The van der Waals surface area contributed by atoms with Crippen molar-refractivity contribution in [1.29, 1.82) is 0 Å². The Morgan fingerprint density at radius 2 is 1.86 bits per heavy atom. The molecule has 4 aliphatic carbocycles. The van der Waals surface area contributed by atoms with Crippen molar-refractivity contribution in [2.24, 2.45) is 46.3 Å². The molecule has 1 amide bonds. The van der Waals surface area contributed by atoms with E-state index in [2.05, 4.69) is 26.1 Å². The monoisotopic (exact) mass is 497 g/mol. The minimum atomic E-state index is -0.275. The second-order valence-electron chi connectivity index (χ2n) is 13.2. The Kier molecular flexibility index (Phi) is 7.19. The number of hydrogen-bond acceptors (Lipinski definition) is 4. The van der Waals surface area contributed by atoms with Crippen molar-refractivity contribution in [2.75, 3.05) is 12.4 Å². The van der Waals surface area contributed by atoms with Crippen LogP contribution in [-0.2, 0) is 4.79 Å². The molecule has 36 heavy (non-hydrogen) atoms. The van der Waals surface area contributed by atoms with Crippen LogP contribution in [0.4, 0.5) is 5.69 Å². The third-order valence-electron chi connectivity index (χ3n) is 11.7. The molecule has 0 spiro atoms. The summed E-state index contributed by atoms with van der Waals surface area (Å²) < 4.78 is 5.37. The van der Waals surface area contributed by atoms with Crippen LogP contribution in [0, 0.1) is 46.3 Å². The van der Waals surface area contributed by atoms with Gasteiger partial charge in [-0.15, -0.1) is 0 Å². The molecule has 4 fully saturated rings. The molecule has 0 unspecified atom stereocenters. The molecule has 0 aliphatic heterocycles. The molecule has 4 aliphatic rings. The fourth-order valence-corrected chi connectivity index (χ4v) is 9.68. The van der Waals surface area contributed by atoms with Gasteiger partial charge < -0.3 is 20.3 Å². The average molecular weight is 498 g/mol. The molecule has 0 heterocycles. The maximum Gasteiger partial charge on any atom is 0.224 e. The number of benzene rings is 1. The molecule has 1 aromatic carbocycles. The van der Waals surface area contributed by atoms with E-state index in [0.29, 0.717) is 47.7 Å². The van der Waals surface area contributed by atoms with Crippen LogP contribution in [-0.4, -0.2) is 35.4 Å². The summed E-state index contributed by atoms with van der Waals surface area (Å²) in [6.45, 7) is 7.15. The van der Waals surface area contributed by atoms with E-state index in [1.165, 1.54) is 19.3 Å². The number of nitrogens with one attached hydrogen (secondary N) is 1. The number of hydrogen-bond donors (Lipinski definition) is 3. The highest BCUT2D eigenvalue weighted by molar-refractivity contribution is 5.92. The highest BCUT2D eigenvalue weighted by atomic mass is 16.5. The van der Waals surface area contributed by atoms with Crippen molar-refractivity contribution >= 4 is 11.6 Å². The molecule has 5 nitrogen and oxygen atoms in total. The summed E-state index contributed by atoms with van der Waals surface area (Å²) >= 11 is 0. The zero-order valence-electron chi connectivity index (χ0n) is 22.7. The Morgan fingerprint density at radius 1 is 1.08 bits per heavy atom. The van der Waals surface area contributed by atoms with Crippen molar-refractivity contribution in [3.05, 3.63) is 24.3 Å². The predicted octanol–water partition coefficient (Wildman–Crippen LogP) is 6.04. The van der Waals surface area contributed by atoms with E-state index in [1.54, 1.807) is 7.11 Å². The van der Waals surface area contributed by atoms with Gasteiger partial charge in [0, 0.05) is 6.42 Å². The molecule has 0 aromatic heterocycles. The first-order valence-electron chi connectivity index (χ1n) is 14.5. The summed E-state index contributed by atoms with van der Waals surface area (Å²) in [6.07, 6.45) is 9.69. The largest absolute Gasteiger partial charge is 0.495 e. The highest BCUT2D eigenvalue weighted by Crippen LogP contribution is 2.68. The third-order valence-corrected chi connectivity index (χ3v) is 11.7. The minimum absolute atomic E-state index is 0.0287.